The lowest BCUT2D eigenvalue weighted by Crippen LogP contribution is -2.35. The second-order valence-corrected chi connectivity index (χ2v) is 4.75. The van der Waals surface area contributed by atoms with Crippen LogP contribution >= 0.6 is 0 Å². The summed E-state index contributed by atoms with van der Waals surface area (Å²) in [5, 5.41) is 9.80. The average Bonchev–Trinajstić information content (AvgIpc) is 2.70. The molecule has 0 spiro atoms. The summed E-state index contributed by atoms with van der Waals surface area (Å²) in [4.78, 5) is 15.6. The molecule has 0 aliphatic heterocycles. The summed E-state index contributed by atoms with van der Waals surface area (Å²) in [5.74, 6) is 0.532. The lowest BCUT2D eigenvalue weighted by Gasteiger charge is -2.21. The molecule has 0 radical (unpaired) electrons. The van der Waals surface area contributed by atoms with E-state index in [1.807, 2.05) is 6.07 Å². The molecule has 0 saturated carbocycles. The third-order valence-electron chi connectivity index (χ3n) is 3.07. The second kappa shape index (κ2) is 5.30. The number of nitrogens with zero attached hydrogens (tertiary/aromatic N) is 3. The van der Waals surface area contributed by atoms with Gasteiger partial charge < -0.3 is 5.32 Å². The van der Waals surface area contributed by atoms with Gasteiger partial charge in [-0.05, 0) is 12.5 Å². The number of H-pyrrole nitrogens is 1. The molecule has 2 aromatic heterocycles. The number of aromatic nitrogens is 4. The first kappa shape index (κ1) is 12.8. The van der Waals surface area contributed by atoms with Crippen molar-refractivity contribution < 1.29 is 0 Å². The fourth-order valence-electron chi connectivity index (χ4n) is 1.99. The molecular formula is C12H19N5O. The molecule has 2 aromatic rings. The first-order chi connectivity index (χ1) is 8.61. The summed E-state index contributed by atoms with van der Waals surface area (Å²) in [6.45, 7) is 7.40. The Morgan fingerprint density at radius 1 is 1.50 bits per heavy atom. The fraction of sp³-hybridized carbons (Fsp3) is 0.583. The van der Waals surface area contributed by atoms with Gasteiger partial charge in [0.1, 0.15) is 6.33 Å². The van der Waals surface area contributed by atoms with E-state index in [9.17, 15) is 4.79 Å². The quantitative estimate of drug-likeness (QED) is 0.813. The molecule has 0 fully saturated rings. The summed E-state index contributed by atoms with van der Waals surface area (Å²) in [7, 11) is 0. The largest absolute Gasteiger partial charge is 0.348 e. The number of rotatable bonds is 5. The number of hydrogen-bond acceptors (Lipinski definition) is 4. The molecule has 6 heteroatoms. The minimum absolute atomic E-state index is 0.254. The summed E-state index contributed by atoms with van der Waals surface area (Å²) in [6.07, 6.45) is 2.36. The molecule has 6 nitrogen and oxygen atoms in total. The number of aromatic amines is 1. The predicted octanol–water partition coefficient (Wildman–Crippen LogP) is 0.594. The van der Waals surface area contributed by atoms with E-state index in [2.05, 4.69) is 41.3 Å². The maximum absolute atomic E-state index is 11.3. The fourth-order valence-corrected chi connectivity index (χ4v) is 1.99. The van der Waals surface area contributed by atoms with Crippen LogP contribution in [0.25, 0.3) is 5.65 Å². The van der Waals surface area contributed by atoms with E-state index in [0.717, 1.165) is 18.7 Å². The number of nitrogens with one attached hydrogen (secondary N) is 2. The van der Waals surface area contributed by atoms with Gasteiger partial charge in [0.2, 0.25) is 0 Å². The molecule has 0 amide bonds. The van der Waals surface area contributed by atoms with Crippen molar-refractivity contribution in [2.24, 2.45) is 5.92 Å². The summed E-state index contributed by atoms with van der Waals surface area (Å²) < 4.78 is 1.40. The Morgan fingerprint density at radius 3 is 2.94 bits per heavy atom. The van der Waals surface area contributed by atoms with E-state index in [-0.39, 0.29) is 5.69 Å². The number of fused-ring (bicyclic) bond motifs is 1. The third kappa shape index (κ3) is 2.59. The van der Waals surface area contributed by atoms with Crippen LogP contribution in [0.5, 0.6) is 0 Å². The molecule has 0 aliphatic carbocycles. The van der Waals surface area contributed by atoms with E-state index in [1.165, 1.54) is 10.7 Å². The van der Waals surface area contributed by atoms with Gasteiger partial charge in [0.05, 0.1) is 0 Å². The van der Waals surface area contributed by atoms with Crippen LogP contribution in [0.15, 0.2) is 17.2 Å². The summed E-state index contributed by atoms with van der Waals surface area (Å²) in [6, 6.07) is 2.24. The third-order valence-corrected chi connectivity index (χ3v) is 3.07. The van der Waals surface area contributed by atoms with Crippen molar-refractivity contribution in [3.05, 3.63) is 28.6 Å². The summed E-state index contributed by atoms with van der Waals surface area (Å²) in [5.41, 5.74) is 1.31. The molecule has 98 valence electrons. The zero-order valence-electron chi connectivity index (χ0n) is 11.0. The van der Waals surface area contributed by atoms with Crippen molar-refractivity contribution in [1.82, 2.24) is 24.9 Å². The van der Waals surface area contributed by atoms with Crippen LogP contribution in [0.4, 0.5) is 0 Å². The van der Waals surface area contributed by atoms with E-state index in [0.29, 0.717) is 17.6 Å². The highest BCUT2D eigenvalue weighted by Gasteiger charge is 2.14. The van der Waals surface area contributed by atoms with E-state index < -0.39 is 0 Å². The molecule has 0 aromatic carbocycles. The highest BCUT2D eigenvalue weighted by atomic mass is 16.1. The SMILES string of the molecule is CCNC(Cc1cc2n[nH]c(=O)n2cn1)C(C)C. The smallest absolute Gasteiger partial charge is 0.314 e. The van der Waals surface area contributed by atoms with Crippen molar-refractivity contribution >= 4 is 5.65 Å². The maximum Gasteiger partial charge on any atom is 0.348 e. The van der Waals surface area contributed by atoms with Crippen molar-refractivity contribution in [1.29, 1.82) is 0 Å². The highest BCUT2D eigenvalue weighted by molar-refractivity contribution is 5.36. The Kier molecular flexibility index (Phi) is 3.76. The van der Waals surface area contributed by atoms with E-state index in [1.54, 1.807) is 0 Å². The standard InChI is InChI=1S/C12H19N5O/c1-4-13-10(8(2)3)5-9-6-11-15-16-12(18)17(11)7-14-9/h6-8,10,13H,4-5H2,1-3H3,(H,16,18). The molecule has 2 N–H and O–H groups in total. The van der Waals surface area contributed by atoms with E-state index in [4.69, 9.17) is 0 Å². The summed E-state index contributed by atoms with van der Waals surface area (Å²) >= 11 is 0. The first-order valence-corrected chi connectivity index (χ1v) is 6.27. The Hall–Kier alpha value is -1.69. The van der Waals surface area contributed by atoms with Gasteiger partial charge >= 0.3 is 5.69 Å². The molecule has 0 aliphatic rings. The van der Waals surface area contributed by atoms with Crippen LogP contribution in [0.1, 0.15) is 26.5 Å². The van der Waals surface area contributed by atoms with Crippen molar-refractivity contribution in [2.45, 2.75) is 33.2 Å². The topological polar surface area (TPSA) is 75.1 Å². The minimum atomic E-state index is -0.254. The molecule has 1 unspecified atom stereocenters. The molecule has 0 saturated heterocycles. The van der Waals surface area contributed by atoms with Crippen LogP contribution in [-0.2, 0) is 6.42 Å². The van der Waals surface area contributed by atoms with Crippen molar-refractivity contribution in [2.75, 3.05) is 6.54 Å². The average molecular weight is 249 g/mol. The first-order valence-electron chi connectivity index (χ1n) is 6.27. The Morgan fingerprint density at radius 2 is 2.28 bits per heavy atom. The van der Waals surface area contributed by atoms with Crippen molar-refractivity contribution in [3.8, 4) is 0 Å². The number of hydrogen-bond donors (Lipinski definition) is 2. The number of likely N-dealkylation sites (N-methyl/N-ethyl adjacent to an activating group) is 1. The molecule has 18 heavy (non-hydrogen) atoms. The predicted molar refractivity (Wildman–Crippen MR) is 69.6 cm³/mol. The van der Waals surface area contributed by atoms with Crippen LogP contribution in [0, 0.1) is 5.92 Å². The Bertz CT molecular complexity index is 571. The zero-order valence-corrected chi connectivity index (χ0v) is 11.0. The van der Waals surface area contributed by atoms with Gasteiger partial charge in [0.15, 0.2) is 5.65 Å². The second-order valence-electron chi connectivity index (χ2n) is 4.75. The van der Waals surface area contributed by atoms with Gasteiger partial charge in [-0.2, -0.15) is 5.10 Å². The van der Waals surface area contributed by atoms with Gasteiger partial charge in [-0.15, -0.1) is 0 Å². The van der Waals surface area contributed by atoms with Crippen LogP contribution < -0.4 is 11.0 Å². The van der Waals surface area contributed by atoms with Crippen LogP contribution in [0.3, 0.4) is 0 Å². The van der Waals surface area contributed by atoms with Gasteiger partial charge in [0, 0.05) is 24.2 Å². The van der Waals surface area contributed by atoms with Gasteiger partial charge in [-0.3, -0.25) is 0 Å². The monoisotopic (exact) mass is 249 g/mol. The molecule has 2 heterocycles. The minimum Gasteiger partial charge on any atom is -0.314 e. The van der Waals surface area contributed by atoms with E-state index >= 15 is 0 Å². The molecule has 0 bridgehead atoms. The highest BCUT2D eigenvalue weighted by Crippen LogP contribution is 2.09. The lowest BCUT2D eigenvalue weighted by molar-refractivity contribution is 0.402. The van der Waals surface area contributed by atoms with Gasteiger partial charge in [-0.1, -0.05) is 20.8 Å². The lowest BCUT2D eigenvalue weighted by atomic mass is 9.99. The van der Waals surface area contributed by atoms with Crippen LogP contribution in [-0.4, -0.2) is 32.2 Å². The maximum atomic E-state index is 11.3. The van der Waals surface area contributed by atoms with Gasteiger partial charge in [-0.25, -0.2) is 19.3 Å². The van der Waals surface area contributed by atoms with Crippen molar-refractivity contribution in [3.63, 3.8) is 0 Å². The van der Waals surface area contributed by atoms with Gasteiger partial charge in [0.25, 0.3) is 0 Å². The zero-order chi connectivity index (χ0) is 13.1. The molecule has 2 rings (SSSR count). The Labute approximate surface area is 105 Å². The molecule has 1 atom stereocenters. The molecular weight excluding hydrogens is 230 g/mol. The Balaban J connectivity index is 2.22. The normalized spacial score (nSPS) is 13.3. The van der Waals surface area contributed by atoms with Crippen LogP contribution in [0.2, 0.25) is 0 Å².